The van der Waals surface area contributed by atoms with Crippen LogP contribution in [-0.2, 0) is 11.2 Å². The number of hydrogen-bond acceptors (Lipinski definition) is 3. The van der Waals surface area contributed by atoms with Crippen LogP contribution in [-0.4, -0.2) is 34.5 Å². The zero-order valence-corrected chi connectivity index (χ0v) is 11.8. The van der Waals surface area contributed by atoms with Crippen molar-refractivity contribution in [1.82, 2.24) is 4.90 Å². The van der Waals surface area contributed by atoms with E-state index < -0.39 is 12.0 Å². The van der Waals surface area contributed by atoms with Gasteiger partial charge < -0.3 is 14.4 Å². The SMILES string of the molecule is CCc1ccc2occ(C(=O)N3CCC[C@H]3C(=O)O)c2c1. The first-order chi connectivity index (χ1) is 10.1. The molecule has 2 aromatic rings. The molecule has 0 aliphatic carbocycles. The third kappa shape index (κ3) is 2.28. The molecule has 1 fully saturated rings. The molecule has 0 spiro atoms. The van der Waals surface area contributed by atoms with Crippen molar-refractivity contribution in [2.75, 3.05) is 6.54 Å². The first kappa shape index (κ1) is 13.7. The molecule has 1 aromatic heterocycles. The molecule has 1 aromatic carbocycles. The topological polar surface area (TPSA) is 70.8 Å². The Bertz CT molecular complexity index is 703. The summed E-state index contributed by atoms with van der Waals surface area (Å²) >= 11 is 0. The molecule has 1 atom stereocenters. The molecule has 1 aliphatic rings. The third-order valence-electron chi connectivity index (χ3n) is 4.08. The lowest BCUT2D eigenvalue weighted by molar-refractivity contribution is -0.141. The summed E-state index contributed by atoms with van der Waals surface area (Å²) in [6, 6.07) is 5.04. The fraction of sp³-hybridized carbons (Fsp3) is 0.375. The van der Waals surface area contributed by atoms with Gasteiger partial charge >= 0.3 is 5.97 Å². The Labute approximate surface area is 122 Å². The molecule has 110 valence electrons. The second-order valence-corrected chi connectivity index (χ2v) is 5.33. The number of fused-ring (bicyclic) bond motifs is 1. The predicted octanol–water partition coefficient (Wildman–Crippen LogP) is 2.68. The maximum Gasteiger partial charge on any atom is 0.326 e. The zero-order chi connectivity index (χ0) is 15.0. The first-order valence-electron chi connectivity index (χ1n) is 7.15. The minimum absolute atomic E-state index is 0.257. The van der Waals surface area contributed by atoms with Crippen molar-refractivity contribution in [3.63, 3.8) is 0 Å². The number of likely N-dealkylation sites (tertiary alicyclic amines) is 1. The predicted molar refractivity (Wildman–Crippen MR) is 77.3 cm³/mol. The highest BCUT2D eigenvalue weighted by Gasteiger charge is 2.35. The van der Waals surface area contributed by atoms with Crippen molar-refractivity contribution in [3.05, 3.63) is 35.6 Å². The van der Waals surface area contributed by atoms with Gasteiger partial charge in [-0.15, -0.1) is 0 Å². The van der Waals surface area contributed by atoms with E-state index in [1.54, 1.807) is 0 Å². The number of carbonyl (C=O) groups is 2. The molecule has 0 bridgehead atoms. The number of amides is 1. The van der Waals surface area contributed by atoms with E-state index in [4.69, 9.17) is 4.42 Å². The third-order valence-corrected chi connectivity index (χ3v) is 4.08. The summed E-state index contributed by atoms with van der Waals surface area (Å²) in [4.78, 5) is 25.3. The smallest absolute Gasteiger partial charge is 0.326 e. The monoisotopic (exact) mass is 287 g/mol. The number of aliphatic carboxylic acids is 1. The molecule has 1 aliphatic heterocycles. The van der Waals surface area contributed by atoms with Crippen molar-refractivity contribution in [3.8, 4) is 0 Å². The Hall–Kier alpha value is -2.30. The second kappa shape index (κ2) is 5.24. The quantitative estimate of drug-likeness (QED) is 0.942. The van der Waals surface area contributed by atoms with Crippen molar-refractivity contribution >= 4 is 22.8 Å². The summed E-state index contributed by atoms with van der Waals surface area (Å²) in [7, 11) is 0. The molecule has 1 amide bonds. The molecule has 0 saturated carbocycles. The molecule has 5 nitrogen and oxygen atoms in total. The van der Waals surface area contributed by atoms with Crippen LogP contribution in [0.4, 0.5) is 0 Å². The largest absolute Gasteiger partial charge is 0.480 e. The summed E-state index contributed by atoms with van der Waals surface area (Å²) in [5, 5.41) is 9.97. The van der Waals surface area contributed by atoms with E-state index >= 15 is 0 Å². The van der Waals surface area contributed by atoms with Gasteiger partial charge in [-0.2, -0.15) is 0 Å². The van der Waals surface area contributed by atoms with E-state index in [9.17, 15) is 14.7 Å². The Morgan fingerprint density at radius 1 is 1.43 bits per heavy atom. The van der Waals surface area contributed by atoms with Crippen LogP contribution in [0.1, 0.15) is 35.7 Å². The summed E-state index contributed by atoms with van der Waals surface area (Å²) in [6.07, 6.45) is 3.54. The molecule has 0 unspecified atom stereocenters. The van der Waals surface area contributed by atoms with E-state index in [1.165, 1.54) is 11.2 Å². The number of carboxylic acids is 1. The molecule has 5 heteroatoms. The van der Waals surface area contributed by atoms with Crippen molar-refractivity contribution in [2.24, 2.45) is 0 Å². The summed E-state index contributed by atoms with van der Waals surface area (Å²) in [5.41, 5.74) is 2.23. The Morgan fingerprint density at radius 2 is 2.24 bits per heavy atom. The molecule has 1 saturated heterocycles. The molecular formula is C16H17NO4. The number of nitrogens with zero attached hydrogens (tertiary/aromatic N) is 1. The van der Waals surface area contributed by atoms with Gasteiger partial charge in [0, 0.05) is 11.9 Å². The van der Waals surface area contributed by atoms with Gasteiger partial charge in [0.1, 0.15) is 17.9 Å². The van der Waals surface area contributed by atoms with Crippen molar-refractivity contribution < 1.29 is 19.1 Å². The first-order valence-corrected chi connectivity index (χ1v) is 7.15. The highest BCUT2D eigenvalue weighted by Crippen LogP contribution is 2.27. The van der Waals surface area contributed by atoms with Gasteiger partial charge in [0.2, 0.25) is 0 Å². The highest BCUT2D eigenvalue weighted by atomic mass is 16.4. The average Bonchev–Trinajstić information content (AvgIpc) is 3.12. The minimum atomic E-state index is -0.942. The molecule has 3 rings (SSSR count). The van der Waals surface area contributed by atoms with Gasteiger partial charge in [-0.3, -0.25) is 4.79 Å². The van der Waals surface area contributed by atoms with Gasteiger partial charge in [0.15, 0.2) is 0 Å². The van der Waals surface area contributed by atoms with Crippen LogP contribution in [0.5, 0.6) is 0 Å². The molecule has 1 N–H and O–H groups in total. The number of carboxylic acid groups (broad SMARTS) is 1. The van der Waals surface area contributed by atoms with Gasteiger partial charge in [0.05, 0.1) is 5.56 Å². The Balaban J connectivity index is 1.99. The van der Waals surface area contributed by atoms with Crippen LogP contribution in [0.2, 0.25) is 0 Å². The molecular weight excluding hydrogens is 270 g/mol. The number of hydrogen-bond donors (Lipinski definition) is 1. The van der Waals surface area contributed by atoms with Crippen molar-refractivity contribution in [1.29, 1.82) is 0 Å². The van der Waals surface area contributed by atoms with Crippen LogP contribution in [0, 0.1) is 0 Å². The van der Waals surface area contributed by atoms with Crippen LogP contribution < -0.4 is 0 Å². The average molecular weight is 287 g/mol. The van der Waals surface area contributed by atoms with Gasteiger partial charge in [-0.25, -0.2) is 4.79 Å². The minimum Gasteiger partial charge on any atom is -0.480 e. The summed E-state index contributed by atoms with van der Waals surface area (Å²) < 4.78 is 5.43. The maximum atomic E-state index is 12.6. The standard InChI is InChI=1S/C16H17NO4/c1-2-10-5-6-14-11(8-10)12(9-21-14)15(18)17-7-3-4-13(17)16(19)20/h5-6,8-9,13H,2-4,7H2,1H3,(H,19,20)/t13-/m0/s1. The maximum absolute atomic E-state index is 12.6. The van der Waals surface area contributed by atoms with E-state index in [1.807, 2.05) is 25.1 Å². The number of rotatable bonds is 3. The number of aryl methyl sites for hydroxylation is 1. The Kier molecular flexibility index (Phi) is 3.41. The lowest BCUT2D eigenvalue weighted by atomic mass is 10.1. The van der Waals surface area contributed by atoms with E-state index in [0.29, 0.717) is 24.1 Å². The van der Waals surface area contributed by atoms with Gasteiger partial charge in [0.25, 0.3) is 5.91 Å². The van der Waals surface area contributed by atoms with Gasteiger partial charge in [-0.1, -0.05) is 13.0 Å². The van der Waals surface area contributed by atoms with E-state index in [-0.39, 0.29) is 5.91 Å². The zero-order valence-electron chi connectivity index (χ0n) is 11.8. The Morgan fingerprint density at radius 3 is 2.95 bits per heavy atom. The highest BCUT2D eigenvalue weighted by molar-refractivity contribution is 6.07. The van der Waals surface area contributed by atoms with Crippen LogP contribution in [0.25, 0.3) is 11.0 Å². The number of furan rings is 1. The van der Waals surface area contributed by atoms with Crippen LogP contribution >= 0.6 is 0 Å². The fourth-order valence-corrected chi connectivity index (χ4v) is 2.88. The molecule has 2 heterocycles. The van der Waals surface area contributed by atoms with Crippen LogP contribution in [0.15, 0.2) is 28.9 Å². The number of benzene rings is 1. The van der Waals surface area contributed by atoms with Gasteiger partial charge in [-0.05, 0) is 37.0 Å². The summed E-state index contributed by atoms with van der Waals surface area (Å²) in [6.45, 7) is 2.53. The number of carbonyl (C=O) groups excluding carboxylic acids is 1. The molecule has 0 radical (unpaired) electrons. The normalized spacial score (nSPS) is 18.3. The molecule has 21 heavy (non-hydrogen) atoms. The second-order valence-electron chi connectivity index (χ2n) is 5.33. The van der Waals surface area contributed by atoms with Crippen LogP contribution in [0.3, 0.4) is 0 Å². The van der Waals surface area contributed by atoms with Crippen molar-refractivity contribution in [2.45, 2.75) is 32.2 Å². The summed E-state index contributed by atoms with van der Waals surface area (Å²) in [5.74, 6) is -1.20. The van der Waals surface area contributed by atoms with E-state index in [0.717, 1.165) is 23.8 Å². The van der Waals surface area contributed by atoms with E-state index in [2.05, 4.69) is 0 Å². The lowest BCUT2D eigenvalue weighted by Crippen LogP contribution is -2.40. The fourth-order valence-electron chi connectivity index (χ4n) is 2.88. The lowest BCUT2D eigenvalue weighted by Gasteiger charge is -2.20.